The minimum Gasteiger partial charge on any atom is -0.378 e. The van der Waals surface area contributed by atoms with Gasteiger partial charge in [-0.1, -0.05) is 0 Å². The van der Waals surface area contributed by atoms with Crippen molar-refractivity contribution in [1.29, 1.82) is 0 Å². The van der Waals surface area contributed by atoms with Crippen LogP contribution in [0.4, 0.5) is 0 Å². The Hall–Kier alpha value is -0.420. The molecule has 2 rings (SSSR count). The lowest BCUT2D eigenvalue weighted by Crippen LogP contribution is -2.34. The molecule has 15 heavy (non-hydrogen) atoms. The highest BCUT2D eigenvalue weighted by Crippen LogP contribution is 2.34. The summed E-state index contributed by atoms with van der Waals surface area (Å²) in [5.74, 6) is 6.16. The van der Waals surface area contributed by atoms with E-state index in [1.807, 2.05) is 0 Å². The molecule has 1 aromatic rings. The summed E-state index contributed by atoms with van der Waals surface area (Å²) in [4.78, 5) is 1.34. The number of ether oxygens (including phenoxy) is 1. The Morgan fingerprint density at radius 1 is 1.67 bits per heavy atom. The highest BCUT2D eigenvalue weighted by molar-refractivity contribution is 7.10. The largest absolute Gasteiger partial charge is 0.378 e. The third-order valence-corrected chi connectivity index (χ3v) is 3.98. The fourth-order valence-electron chi connectivity index (χ4n) is 2.28. The highest BCUT2D eigenvalue weighted by atomic mass is 32.1. The lowest BCUT2D eigenvalue weighted by molar-refractivity contribution is 0.117. The molecule has 0 aliphatic carbocycles. The standard InChI is InChI=1S/C11H18N2OS/c1-7-5-9(6-14-7)11(13-12)10-3-4-15-8(10)2/h3-4,7,9,11,13H,5-6,12H2,1-2H3. The van der Waals surface area contributed by atoms with Crippen molar-refractivity contribution < 1.29 is 4.74 Å². The molecule has 0 radical (unpaired) electrons. The molecular formula is C11H18N2OS. The van der Waals surface area contributed by atoms with Gasteiger partial charge in [0.05, 0.1) is 18.8 Å². The molecule has 3 nitrogen and oxygen atoms in total. The van der Waals surface area contributed by atoms with Crippen molar-refractivity contribution in [2.24, 2.45) is 11.8 Å². The summed E-state index contributed by atoms with van der Waals surface area (Å²) in [6.07, 6.45) is 1.45. The predicted molar refractivity (Wildman–Crippen MR) is 62.6 cm³/mol. The van der Waals surface area contributed by atoms with Gasteiger partial charge >= 0.3 is 0 Å². The molecule has 1 aliphatic heterocycles. The van der Waals surface area contributed by atoms with Gasteiger partial charge in [0.1, 0.15) is 0 Å². The number of hydrogen-bond donors (Lipinski definition) is 2. The SMILES string of the molecule is Cc1sccc1C(NN)C1COC(C)C1. The van der Waals surface area contributed by atoms with E-state index < -0.39 is 0 Å². The van der Waals surface area contributed by atoms with E-state index in [9.17, 15) is 0 Å². The summed E-state index contributed by atoms with van der Waals surface area (Å²) in [5, 5.41) is 2.12. The van der Waals surface area contributed by atoms with Crippen molar-refractivity contribution in [2.45, 2.75) is 32.4 Å². The summed E-state index contributed by atoms with van der Waals surface area (Å²) in [6, 6.07) is 2.40. The van der Waals surface area contributed by atoms with Crippen LogP contribution in [0.2, 0.25) is 0 Å². The number of rotatable bonds is 3. The molecule has 3 unspecified atom stereocenters. The molecule has 0 saturated carbocycles. The first-order valence-corrected chi connectivity index (χ1v) is 6.22. The summed E-state index contributed by atoms with van der Waals surface area (Å²) in [6.45, 7) is 5.07. The molecule has 0 bridgehead atoms. The van der Waals surface area contributed by atoms with E-state index in [2.05, 4.69) is 30.7 Å². The van der Waals surface area contributed by atoms with Crippen molar-refractivity contribution in [1.82, 2.24) is 5.43 Å². The Labute approximate surface area is 94.6 Å². The van der Waals surface area contributed by atoms with Crippen LogP contribution in [0.25, 0.3) is 0 Å². The van der Waals surface area contributed by atoms with Gasteiger partial charge < -0.3 is 4.74 Å². The maximum atomic E-state index is 5.66. The molecule has 3 atom stereocenters. The molecule has 84 valence electrons. The number of nitrogens with two attached hydrogens (primary N) is 1. The van der Waals surface area contributed by atoms with Crippen LogP contribution >= 0.6 is 11.3 Å². The molecule has 4 heteroatoms. The average Bonchev–Trinajstić information content (AvgIpc) is 2.79. The molecule has 0 aromatic carbocycles. The van der Waals surface area contributed by atoms with Crippen molar-refractivity contribution >= 4 is 11.3 Å². The zero-order chi connectivity index (χ0) is 10.8. The monoisotopic (exact) mass is 226 g/mol. The third-order valence-electron chi connectivity index (χ3n) is 3.11. The van der Waals surface area contributed by atoms with Crippen LogP contribution in [0.3, 0.4) is 0 Å². The van der Waals surface area contributed by atoms with Gasteiger partial charge in [-0.3, -0.25) is 11.3 Å². The van der Waals surface area contributed by atoms with Gasteiger partial charge in [-0.15, -0.1) is 11.3 Å². The topological polar surface area (TPSA) is 47.3 Å². The Bertz CT molecular complexity index is 326. The summed E-state index contributed by atoms with van der Waals surface area (Å²) in [5.41, 5.74) is 4.26. The molecule has 1 fully saturated rings. The number of aryl methyl sites for hydroxylation is 1. The van der Waals surface area contributed by atoms with Crippen LogP contribution in [-0.2, 0) is 4.74 Å². The van der Waals surface area contributed by atoms with Crippen molar-refractivity contribution in [3.63, 3.8) is 0 Å². The van der Waals surface area contributed by atoms with Gasteiger partial charge in [0.2, 0.25) is 0 Å². The lowest BCUT2D eigenvalue weighted by Gasteiger charge is -2.21. The van der Waals surface area contributed by atoms with Gasteiger partial charge in [0.15, 0.2) is 0 Å². The maximum absolute atomic E-state index is 5.66. The second-order valence-corrected chi connectivity index (χ2v) is 5.34. The number of hydrazine groups is 1. The van der Waals surface area contributed by atoms with E-state index in [0.29, 0.717) is 12.0 Å². The van der Waals surface area contributed by atoms with Crippen LogP contribution in [0.5, 0.6) is 0 Å². The minimum absolute atomic E-state index is 0.237. The van der Waals surface area contributed by atoms with E-state index in [-0.39, 0.29) is 6.04 Å². The van der Waals surface area contributed by atoms with E-state index in [4.69, 9.17) is 10.6 Å². The van der Waals surface area contributed by atoms with Gasteiger partial charge in [-0.25, -0.2) is 0 Å². The zero-order valence-electron chi connectivity index (χ0n) is 9.19. The predicted octanol–water partition coefficient (Wildman–Crippen LogP) is 1.99. The Balaban J connectivity index is 2.14. The molecule has 0 amide bonds. The normalized spacial score (nSPS) is 28.2. The van der Waals surface area contributed by atoms with Crippen LogP contribution in [0, 0.1) is 12.8 Å². The zero-order valence-corrected chi connectivity index (χ0v) is 10.0. The fraction of sp³-hybridized carbons (Fsp3) is 0.636. The quantitative estimate of drug-likeness (QED) is 0.612. The van der Waals surface area contributed by atoms with Crippen LogP contribution in [0.15, 0.2) is 11.4 Å². The molecule has 1 saturated heterocycles. The van der Waals surface area contributed by atoms with E-state index in [1.54, 1.807) is 11.3 Å². The first-order chi connectivity index (χ1) is 7.22. The number of hydrogen-bond acceptors (Lipinski definition) is 4. The molecule has 3 N–H and O–H groups in total. The van der Waals surface area contributed by atoms with Gasteiger partial charge in [-0.2, -0.15) is 0 Å². The number of nitrogens with one attached hydrogen (secondary N) is 1. The molecular weight excluding hydrogens is 208 g/mol. The van der Waals surface area contributed by atoms with Crippen molar-refractivity contribution in [2.75, 3.05) is 6.61 Å². The smallest absolute Gasteiger partial charge is 0.0551 e. The Morgan fingerprint density at radius 2 is 2.47 bits per heavy atom. The van der Waals surface area contributed by atoms with Crippen LogP contribution < -0.4 is 11.3 Å². The first-order valence-electron chi connectivity index (χ1n) is 5.34. The van der Waals surface area contributed by atoms with Gasteiger partial charge in [0, 0.05) is 10.8 Å². The van der Waals surface area contributed by atoms with Crippen LogP contribution in [0.1, 0.15) is 29.8 Å². The fourth-order valence-corrected chi connectivity index (χ4v) is 3.03. The van der Waals surface area contributed by atoms with E-state index in [1.165, 1.54) is 10.4 Å². The second kappa shape index (κ2) is 4.61. The van der Waals surface area contributed by atoms with Gasteiger partial charge in [0.25, 0.3) is 0 Å². The molecule has 2 heterocycles. The number of thiophene rings is 1. The van der Waals surface area contributed by atoms with E-state index in [0.717, 1.165) is 13.0 Å². The maximum Gasteiger partial charge on any atom is 0.0551 e. The van der Waals surface area contributed by atoms with Crippen LogP contribution in [-0.4, -0.2) is 12.7 Å². The molecule has 1 aliphatic rings. The molecule has 0 spiro atoms. The lowest BCUT2D eigenvalue weighted by atomic mass is 9.92. The third kappa shape index (κ3) is 2.23. The van der Waals surface area contributed by atoms with Crippen molar-refractivity contribution in [3.8, 4) is 0 Å². The Morgan fingerprint density at radius 3 is 2.93 bits per heavy atom. The van der Waals surface area contributed by atoms with E-state index >= 15 is 0 Å². The second-order valence-electron chi connectivity index (χ2n) is 4.22. The van der Waals surface area contributed by atoms with Gasteiger partial charge in [-0.05, 0) is 37.3 Å². The summed E-state index contributed by atoms with van der Waals surface area (Å²) in [7, 11) is 0. The highest BCUT2D eigenvalue weighted by Gasteiger charge is 2.30. The average molecular weight is 226 g/mol. The summed E-state index contributed by atoms with van der Waals surface area (Å²) >= 11 is 1.77. The first kappa shape index (κ1) is 11.1. The van der Waals surface area contributed by atoms with Crippen molar-refractivity contribution in [3.05, 3.63) is 21.9 Å². The minimum atomic E-state index is 0.237. The molecule has 1 aromatic heterocycles. The Kier molecular flexibility index (Phi) is 3.41. The summed E-state index contributed by atoms with van der Waals surface area (Å²) < 4.78 is 5.59.